The summed E-state index contributed by atoms with van der Waals surface area (Å²) in [5, 5.41) is 6.79. The number of pyridine rings is 1. The lowest BCUT2D eigenvalue weighted by atomic mass is 9.91. The van der Waals surface area contributed by atoms with Crippen molar-refractivity contribution < 1.29 is 0 Å². The molecule has 0 radical (unpaired) electrons. The normalized spacial score (nSPS) is 13.9. The topological polar surface area (TPSA) is 91.0 Å². The van der Waals surface area contributed by atoms with Gasteiger partial charge < -0.3 is 17.2 Å². The summed E-state index contributed by atoms with van der Waals surface area (Å²) in [4.78, 5) is 4.51. The summed E-state index contributed by atoms with van der Waals surface area (Å²) in [6.45, 7) is 0. The van der Waals surface area contributed by atoms with Crippen LogP contribution in [-0.4, -0.2) is 4.98 Å². The quantitative estimate of drug-likeness (QED) is 0.264. The third-order valence-electron chi connectivity index (χ3n) is 4.96. The Balaban J connectivity index is 2.23. The van der Waals surface area contributed by atoms with Gasteiger partial charge in [-0.3, -0.25) is 4.98 Å². The van der Waals surface area contributed by atoms with Gasteiger partial charge in [0.25, 0.3) is 0 Å². The number of hydrogen-bond acceptors (Lipinski definition) is 4. The number of nitrogens with zero attached hydrogens (tertiary/aromatic N) is 1. The summed E-state index contributed by atoms with van der Waals surface area (Å²) in [6.07, 6.45) is 6.82. The predicted octanol–water partition coefficient (Wildman–Crippen LogP) is 2.91. The molecule has 3 aromatic carbocycles. The van der Waals surface area contributed by atoms with Gasteiger partial charge in [-0.05, 0) is 46.0 Å². The van der Waals surface area contributed by atoms with Crippen molar-refractivity contribution >= 4 is 55.6 Å². The van der Waals surface area contributed by atoms with Crippen LogP contribution in [0.4, 0.5) is 11.4 Å². The van der Waals surface area contributed by atoms with Crippen LogP contribution in [0.1, 0.15) is 12.0 Å². The lowest BCUT2D eigenvalue weighted by molar-refractivity contribution is 1.43. The average molecular weight is 312 g/mol. The second-order valence-corrected chi connectivity index (χ2v) is 6.25. The Kier molecular flexibility index (Phi) is 2.41. The first-order chi connectivity index (χ1) is 11.7. The van der Waals surface area contributed by atoms with Crippen molar-refractivity contribution in [2.45, 2.75) is 6.42 Å². The van der Waals surface area contributed by atoms with E-state index >= 15 is 0 Å². The molecule has 5 rings (SSSR count). The van der Waals surface area contributed by atoms with Crippen molar-refractivity contribution in [3.8, 4) is 0 Å². The molecule has 1 aliphatic rings. The maximum absolute atomic E-state index is 6.31. The first-order valence-corrected chi connectivity index (χ1v) is 7.94. The molecule has 116 valence electrons. The number of hydrogen-bond donors (Lipinski definition) is 3. The van der Waals surface area contributed by atoms with E-state index in [9.17, 15) is 0 Å². The highest BCUT2D eigenvalue weighted by atomic mass is 14.7. The van der Waals surface area contributed by atoms with E-state index in [0.717, 1.165) is 55.3 Å². The molecule has 1 heterocycles. The van der Waals surface area contributed by atoms with Crippen molar-refractivity contribution in [1.29, 1.82) is 0 Å². The van der Waals surface area contributed by atoms with Crippen molar-refractivity contribution in [2.75, 3.05) is 11.5 Å². The summed E-state index contributed by atoms with van der Waals surface area (Å²) in [5.41, 5.74) is 22.7. The van der Waals surface area contributed by atoms with Crippen molar-refractivity contribution in [3.63, 3.8) is 0 Å². The standard InChI is InChI=1S/C20H16N4/c21-14-3-1-2-10-12-5-7-16(23)20-18(12)13(8-9-24-20)11-4-6-15(22)19(14)17(10)11/h2-9H,1,21-23H2. The Morgan fingerprint density at radius 3 is 2.38 bits per heavy atom. The fourth-order valence-electron chi connectivity index (χ4n) is 3.92. The Bertz CT molecular complexity index is 1250. The van der Waals surface area contributed by atoms with Crippen LogP contribution >= 0.6 is 0 Å². The molecular weight excluding hydrogens is 296 g/mol. The van der Waals surface area contributed by atoms with Gasteiger partial charge in [-0.15, -0.1) is 0 Å². The number of aromatic nitrogens is 1. The minimum Gasteiger partial charge on any atom is -0.398 e. The Morgan fingerprint density at radius 2 is 1.50 bits per heavy atom. The van der Waals surface area contributed by atoms with Crippen LogP contribution in [0, 0.1) is 0 Å². The minimum atomic E-state index is 0.696. The molecule has 0 spiro atoms. The molecule has 1 aliphatic carbocycles. The van der Waals surface area contributed by atoms with Crippen molar-refractivity contribution in [3.05, 3.63) is 53.4 Å². The molecule has 24 heavy (non-hydrogen) atoms. The van der Waals surface area contributed by atoms with E-state index in [4.69, 9.17) is 17.2 Å². The molecule has 0 atom stereocenters. The lowest BCUT2D eigenvalue weighted by Crippen LogP contribution is -2.10. The number of fused-ring (bicyclic) bond motifs is 2. The van der Waals surface area contributed by atoms with Gasteiger partial charge in [0.2, 0.25) is 0 Å². The number of anilines is 2. The number of allylic oxidation sites excluding steroid dienone is 1. The van der Waals surface area contributed by atoms with Crippen LogP contribution in [0.3, 0.4) is 0 Å². The fourth-order valence-corrected chi connectivity index (χ4v) is 3.92. The van der Waals surface area contributed by atoms with Gasteiger partial charge in [-0.2, -0.15) is 0 Å². The zero-order valence-electron chi connectivity index (χ0n) is 13.0. The van der Waals surface area contributed by atoms with E-state index in [1.54, 1.807) is 0 Å². The van der Waals surface area contributed by atoms with Crippen molar-refractivity contribution in [2.24, 2.45) is 5.73 Å². The molecule has 0 amide bonds. The summed E-state index contributed by atoms with van der Waals surface area (Å²) >= 11 is 0. The van der Waals surface area contributed by atoms with Gasteiger partial charge in [-0.25, -0.2) is 0 Å². The maximum atomic E-state index is 6.31. The third kappa shape index (κ3) is 1.50. The van der Waals surface area contributed by atoms with Gasteiger partial charge in [0.15, 0.2) is 0 Å². The van der Waals surface area contributed by atoms with Gasteiger partial charge >= 0.3 is 0 Å². The first-order valence-electron chi connectivity index (χ1n) is 7.94. The summed E-state index contributed by atoms with van der Waals surface area (Å²) < 4.78 is 0. The van der Waals surface area contributed by atoms with Crippen molar-refractivity contribution in [1.82, 2.24) is 4.98 Å². The number of nitrogens with two attached hydrogens (primary N) is 3. The molecule has 0 unspecified atom stereocenters. The predicted molar refractivity (Wildman–Crippen MR) is 102 cm³/mol. The van der Waals surface area contributed by atoms with Crippen LogP contribution < -0.4 is 22.4 Å². The van der Waals surface area contributed by atoms with Gasteiger partial charge in [0.05, 0.1) is 11.2 Å². The lowest BCUT2D eigenvalue weighted by Gasteiger charge is -2.15. The Hall–Kier alpha value is -3.27. The highest BCUT2D eigenvalue weighted by Crippen LogP contribution is 2.36. The SMILES string of the molecule is NC1=CCC=c2c3ccc(N)c4nccc(c5ccc(N)c1c25)c43. The molecule has 0 saturated heterocycles. The molecule has 4 nitrogen and oxygen atoms in total. The zero-order valence-corrected chi connectivity index (χ0v) is 13.0. The second kappa shape index (κ2) is 4.38. The molecule has 0 saturated carbocycles. The van der Waals surface area contributed by atoms with Gasteiger partial charge in [0, 0.05) is 33.9 Å². The Morgan fingerprint density at radius 1 is 0.750 bits per heavy atom. The molecule has 1 aromatic heterocycles. The number of benzene rings is 3. The molecule has 4 heteroatoms. The highest BCUT2D eigenvalue weighted by molar-refractivity contribution is 6.24. The smallest absolute Gasteiger partial charge is 0.0943 e. The molecule has 6 N–H and O–H groups in total. The first kappa shape index (κ1) is 13.2. The maximum Gasteiger partial charge on any atom is 0.0943 e. The van der Waals surface area contributed by atoms with Crippen LogP contribution in [0.5, 0.6) is 0 Å². The summed E-state index contributed by atoms with van der Waals surface area (Å²) in [5.74, 6) is 0. The molecule has 0 fully saturated rings. The molecule has 0 bridgehead atoms. The largest absolute Gasteiger partial charge is 0.398 e. The minimum absolute atomic E-state index is 0.696. The van der Waals surface area contributed by atoms with Crippen LogP contribution in [0.15, 0.2) is 42.6 Å². The molecule has 0 aliphatic heterocycles. The van der Waals surface area contributed by atoms with E-state index in [2.05, 4.69) is 23.2 Å². The monoisotopic (exact) mass is 312 g/mol. The molecule has 4 aromatic rings. The van der Waals surface area contributed by atoms with Gasteiger partial charge in [-0.1, -0.05) is 24.3 Å². The van der Waals surface area contributed by atoms with E-state index in [-0.39, 0.29) is 0 Å². The summed E-state index contributed by atoms with van der Waals surface area (Å²) in [7, 11) is 0. The fraction of sp³-hybridized carbons (Fsp3) is 0.0500. The van der Waals surface area contributed by atoms with Crippen LogP contribution in [0.2, 0.25) is 0 Å². The summed E-state index contributed by atoms with van der Waals surface area (Å²) in [6, 6.07) is 10.0. The van der Waals surface area contributed by atoms with Crippen LogP contribution in [0.25, 0.3) is 44.2 Å². The average Bonchev–Trinajstić information content (AvgIpc) is 2.76. The zero-order chi connectivity index (χ0) is 16.4. The second-order valence-electron chi connectivity index (χ2n) is 6.25. The number of rotatable bonds is 0. The molecular formula is C20H16N4. The number of nitrogen functional groups attached to an aromatic ring is 2. The van der Waals surface area contributed by atoms with E-state index in [1.165, 1.54) is 0 Å². The van der Waals surface area contributed by atoms with E-state index in [1.807, 2.05) is 30.5 Å². The van der Waals surface area contributed by atoms with E-state index < -0.39 is 0 Å². The highest BCUT2D eigenvalue weighted by Gasteiger charge is 2.17. The third-order valence-corrected chi connectivity index (χ3v) is 4.96. The van der Waals surface area contributed by atoms with E-state index in [0.29, 0.717) is 11.4 Å². The van der Waals surface area contributed by atoms with Crippen LogP contribution in [-0.2, 0) is 0 Å². The Labute approximate surface area is 138 Å². The van der Waals surface area contributed by atoms with Gasteiger partial charge in [0.1, 0.15) is 0 Å².